The predicted molar refractivity (Wildman–Crippen MR) is 106 cm³/mol. The Kier molecular flexibility index (Phi) is 5.77. The monoisotopic (exact) mass is 416 g/mol. The molecular weight excluding hydrogens is 396 g/mol. The molecule has 0 amide bonds. The smallest absolute Gasteiger partial charge is 0.289 e. The third kappa shape index (κ3) is 4.85. The van der Waals surface area contributed by atoms with Crippen molar-refractivity contribution in [2.45, 2.75) is 30.8 Å². The van der Waals surface area contributed by atoms with Gasteiger partial charge < -0.3 is 9.47 Å². The van der Waals surface area contributed by atoms with Gasteiger partial charge in [-0.15, -0.1) is 0 Å². The first-order valence-corrected chi connectivity index (χ1v) is 10.3. The number of hydrogen-bond acceptors (Lipinski definition) is 6. The molecule has 0 fully saturated rings. The normalized spacial score (nSPS) is 14.3. The van der Waals surface area contributed by atoms with Crippen molar-refractivity contribution in [1.29, 1.82) is 0 Å². The van der Waals surface area contributed by atoms with Gasteiger partial charge in [-0.25, -0.2) is 8.42 Å². The fraction of sp³-hybridized carbons (Fsp3) is 0.300. The minimum absolute atomic E-state index is 0.0491. The molecule has 29 heavy (non-hydrogen) atoms. The molecule has 9 heteroatoms. The maximum Gasteiger partial charge on any atom is 0.289 e. The van der Waals surface area contributed by atoms with Gasteiger partial charge in [-0.3, -0.25) is 10.1 Å². The van der Waals surface area contributed by atoms with Gasteiger partial charge in [0.15, 0.2) is 16.4 Å². The van der Waals surface area contributed by atoms with E-state index in [1.165, 1.54) is 18.2 Å². The van der Waals surface area contributed by atoms with E-state index in [4.69, 9.17) is 9.47 Å². The highest BCUT2D eigenvalue weighted by Gasteiger charge is 2.32. The van der Waals surface area contributed by atoms with Gasteiger partial charge in [-0.05, 0) is 26.0 Å². The van der Waals surface area contributed by atoms with Crippen molar-refractivity contribution in [1.82, 2.24) is 4.72 Å². The Labute approximate surface area is 169 Å². The van der Waals surface area contributed by atoms with Gasteiger partial charge in [0, 0.05) is 18.1 Å². The lowest BCUT2D eigenvalue weighted by molar-refractivity contribution is -0.387. The van der Waals surface area contributed by atoms with E-state index in [-0.39, 0.29) is 18.8 Å². The minimum atomic E-state index is -4.05. The van der Waals surface area contributed by atoms with E-state index in [1.54, 1.807) is 6.07 Å². The van der Waals surface area contributed by atoms with Gasteiger partial charge in [0.2, 0.25) is 10.0 Å². The highest BCUT2D eigenvalue weighted by Crippen LogP contribution is 2.41. The van der Waals surface area contributed by atoms with Crippen LogP contribution in [-0.4, -0.2) is 32.1 Å². The summed E-state index contributed by atoms with van der Waals surface area (Å²) in [5.41, 5.74) is 0.293. The molecule has 0 bridgehead atoms. The first kappa shape index (κ1) is 20.6. The largest absolute Gasteiger partial charge is 0.483 e. The number of benzene rings is 2. The van der Waals surface area contributed by atoms with Crippen molar-refractivity contribution in [3.8, 4) is 23.3 Å². The van der Waals surface area contributed by atoms with Gasteiger partial charge >= 0.3 is 0 Å². The molecule has 2 aromatic carbocycles. The van der Waals surface area contributed by atoms with Crippen molar-refractivity contribution in [3.05, 3.63) is 58.1 Å². The second-order valence-electron chi connectivity index (χ2n) is 6.97. The molecule has 0 aromatic heterocycles. The summed E-state index contributed by atoms with van der Waals surface area (Å²) in [4.78, 5) is 9.86. The zero-order chi connectivity index (χ0) is 21.1. The van der Waals surface area contributed by atoms with Crippen LogP contribution in [-0.2, 0) is 16.4 Å². The molecule has 0 spiro atoms. The van der Waals surface area contributed by atoms with Crippen molar-refractivity contribution in [3.63, 3.8) is 0 Å². The number of ether oxygens (including phenoxy) is 2. The zero-order valence-corrected chi connectivity index (χ0v) is 16.8. The first-order chi connectivity index (χ1) is 13.7. The molecule has 3 rings (SSSR count). The van der Waals surface area contributed by atoms with Crippen LogP contribution in [0.25, 0.3) is 0 Å². The van der Waals surface area contributed by atoms with Crippen LogP contribution >= 0.6 is 0 Å². The third-order valence-corrected chi connectivity index (χ3v) is 5.63. The summed E-state index contributed by atoms with van der Waals surface area (Å²) in [6.45, 7) is 3.85. The summed E-state index contributed by atoms with van der Waals surface area (Å²) in [6, 6.07) is 10.8. The lowest BCUT2D eigenvalue weighted by Crippen LogP contribution is -2.25. The second-order valence-corrected chi connectivity index (χ2v) is 8.71. The maximum absolute atomic E-state index is 12.3. The summed E-state index contributed by atoms with van der Waals surface area (Å²) in [5, 5.41) is 11.0. The Balaban J connectivity index is 1.58. The number of sulfonamides is 1. The number of rotatable bonds is 6. The number of nitro groups is 1. The summed E-state index contributed by atoms with van der Waals surface area (Å²) < 4.78 is 38.3. The SMILES string of the molecule is CC1(C)Cc2cccc(OCC#CCNS(=O)(=O)c3ccccc3[N+](=O)[O-])c2O1. The minimum Gasteiger partial charge on any atom is -0.483 e. The fourth-order valence-electron chi connectivity index (χ4n) is 2.97. The summed E-state index contributed by atoms with van der Waals surface area (Å²) in [7, 11) is -4.05. The number of nitrogens with zero attached hydrogens (tertiary/aromatic N) is 1. The Hall–Kier alpha value is -3.09. The first-order valence-electron chi connectivity index (χ1n) is 8.82. The summed E-state index contributed by atoms with van der Waals surface area (Å²) >= 11 is 0. The molecule has 8 nitrogen and oxygen atoms in total. The molecule has 1 aliphatic rings. The van der Waals surface area contributed by atoms with Gasteiger partial charge in [-0.2, -0.15) is 4.72 Å². The average molecular weight is 416 g/mol. The topological polar surface area (TPSA) is 108 Å². The summed E-state index contributed by atoms with van der Waals surface area (Å²) in [5.74, 6) is 6.65. The van der Waals surface area contributed by atoms with Crippen LogP contribution in [0, 0.1) is 22.0 Å². The predicted octanol–water partition coefficient (Wildman–Crippen LogP) is 2.67. The van der Waals surface area contributed by atoms with E-state index in [2.05, 4.69) is 16.6 Å². The molecule has 0 saturated heterocycles. The lowest BCUT2D eigenvalue weighted by Gasteiger charge is -2.17. The van der Waals surface area contributed by atoms with Crippen LogP contribution in [0.3, 0.4) is 0 Å². The molecule has 1 N–H and O–H groups in total. The number of nitro benzene ring substituents is 1. The van der Waals surface area contributed by atoms with E-state index in [9.17, 15) is 18.5 Å². The molecule has 2 aromatic rings. The third-order valence-electron chi connectivity index (χ3n) is 4.18. The van der Waals surface area contributed by atoms with E-state index in [0.29, 0.717) is 11.5 Å². The number of fused-ring (bicyclic) bond motifs is 1. The second kappa shape index (κ2) is 8.11. The van der Waals surface area contributed by atoms with E-state index >= 15 is 0 Å². The molecule has 0 aliphatic carbocycles. The Morgan fingerprint density at radius 3 is 2.72 bits per heavy atom. The number of hydrogen-bond donors (Lipinski definition) is 1. The van der Waals surface area contributed by atoms with Crippen LogP contribution in [0.4, 0.5) is 5.69 Å². The quantitative estimate of drug-likeness (QED) is 0.441. The van der Waals surface area contributed by atoms with Crippen LogP contribution in [0.1, 0.15) is 19.4 Å². The Bertz CT molecular complexity index is 1100. The molecule has 0 unspecified atom stereocenters. The average Bonchev–Trinajstić information content (AvgIpc) is 2.99. The zero-order valence-electron chi connectivity index (χ0n) is 16.0. The highest BCUT2D eigenvalue weighted by molar-refractivity contribution is 7.89. The van der Waals surface area contributed by atoms with E-state index in [1.807, 2.05) is 26.0 Å². The molecule has 152 valence electrons. The van der Waals surface area contributed by atoms with Crippen LogP contribution < -0.4 is 14.2 Å². The van der Waals surface area contributed by atoms with E-state index in [0.717, 1.165) is 18.1 Å². The van der Waals surface area contributed by atoms with Gasteiger partial charge in [0.05, 0.1) is 11.5 Å². The highest BCUT2D eigenvalue weighted by atomic mass is 32.2. The molecule has 0 atom stereocenters. The molecule has 1 heterocycles. The van der Waals surface area contributed by atoms with Crippen molar-refractivity contribution >= 4 is 15.7 Å². The fourth-order valence-corrected chi connectivity index (χ4v) is 4.07. The van der Waals surface area contributed by atoms with Crippen LogP contribution in [0.2, 0.25) is 0 Å². The van der Waals surface area contributed by atoms with Crippen LogP contribution in [0.5, 0.6) is 11.5 Å². The molecule has 0 saturated carbocycles. The molecular formula is C20H20N2O6S. The van der Waals surface area contributed by atoms with Gasteiger partial charge in [0.25, 0.3) is 5.69 Å². The van der Waals surface area contributed by atoms with Crippen molar-refractivity contribution in [2.24, 2.45) is 0 Å². The standard InChI is InChI=1S/C20H20N2O6S/c1-20(2)14-15-8-7-10-17(19(15)28-20)27-13-6-5-12-21-29(25,26)18-11-4-3-9-16(18)22(23)24/h3-4,7-11,21H,12-14H2,1-2H3. The number of para-hydroxylation sites is 2. The van der Waals surface area contributed by atoms with Crippen LogP contribution in [0.15, 0.2) is 47.4 Å². The molecule has 1 aliphatic heterocycles. The van der Waals surface area contributed by atoms with Crippen molar-refractivity contribution < 1.29 is 22.8 Å². The number of nitrogens with one attached hydrogen (secondary N) is 1. The molecule has 0 radical (unpaired) electrons. The summed E-state index contributed by atoms with van der Waals surface area (Å²) in [6.07, 6.45) is 0.790. The Morgan fingerprint density at radius 1 is 1.21 bits per heavy atom. The van der Waals surface area contributed by atoms with Gasteiger partial charge in [0.1, 0.15) is 12.2 Å². The van der Waals surface area contributed by atoms with E-state index < -0.39 is 25.5 Å². The Morgan fingerprint density at radius 2 is 1.97 bits per heavy atom. The maximum atomic E-state index is 12.3. The lowest BCUT2D eigenvalue weighted by atomic mass is 10.0. The van der Waals surface area contributed by atoms with Crippen molar-refractivity contribution in [2.75, 3.05) is 13.2 Å². The van der Waals surface area contributed by atoms with Gasteiger partial charge in [-0.1, -0.05) is 36.1 Å².